The van der Waals surface area contributed by atoms with Gasteiger partial charge in [-0.05, 0) is 43.0 Å². The number of rotatable bonds is 6. The van der Waals surface area contributed by atoms with E-state index in [2.05, 4.69) is 15.5 Å². The summed E-state index contributed by atoms with van der Waals surface area (Å²) >= 11 is 0. The maximum atomic E-state index is 12.7. The molecule has 27 heavy (non-hydrogen) atoms. The number of hydrogen-bond donors (Lipinski definition) is 2. The van der Waals surface area contributed by atoms with Crippen LogP contribution in [-0.4, -0.2) is 33.7 Å². The van der Waals surface area contributed by atoms with Crippen molar-refractivity contribution < 1.29 is 19.2 Å². The van der Waals surface area contributed by atoms with Crippen molar-refractivity contribution in [3.8, 4) is 0 Å². The number of carboxylic acids is 1. The monoisotopic (exact) mass is 367 g/mol. The van der Waals surface area contributed by atoms with Crippen molar-refractivity contribution in [1.29, 1.82) is 0 Å². The standard InChI is InChI=1S/C20H21N3O4/c1-11(2)16-10-15(17-12(3)23-27-19(17)22-16)18(24)21-8-7-13-5-4-6-14(9-13)20(25)26/h4-6,9-11H,7-8H2,1-3H3,(H,21,24)(H,25,26). The summed E-state index contributed by atoms with van der Waals surface area (Å²) in [5.74, 6) is -1.06. The normalized spacial score (nSPS) is 11.1. The molecule has 2 heterocycles. The number of carbonyl (C=O) groups excluding carboxylic acids is 1. The molecule has 0 spiro atoms. The van der Waals surface area contributed by atoms with Crippen LogP contribution in [0.5, 0.6) is 0 Å². The van der Waals surface area contributed by atoms with Gasteiger partial charge in [0.05, 0.1) is 22.2 Å². The number of aromatic nitrogens is 2. The van der Waals surface area contributed by atoms with Gasteiger partial charge in [0.15, 0.2) is 0 Å². The fraction of sp³-hybridized carbons (Fsp3) is 0.300. The highest BCUT2D eigenvalue weighted by Crippen LogP contribution is 2.25. The van der Waals surface area contributed by atoms with E-state index in [0.29, 0.717) is 35.3 Å². The van der Waals surface area contributed by atoms with Gasteiger partial charge in [0, 0.05) is 12.2 Å². The number of benzene rings is 1. The Morgan fingerprint density at radius 1 is 1.26 bits per heavy atom. The summed E-state index contributed by atoms with van der Waals surface area (Å²) in [5.41, 5.74) is 3.31. The Hall–Kier alpha value is -3.22. The molecular weight excluding hydrogens is 346 g/mol. The summed E-state index contributed by atoms with van der Waals surface area (Å²) in [4.78, 5) is 28.2. The number of amides is 1. The smallest absolute Gasteiger partial charge is 0.335 e. The molecule has 0 bridgehead atoms. The molecule has 0 aliphatic carbocycles. The lowest BCUT2D eigenvalue weighted by molar-refractivity contribution is 0.0696. The molecule has 0 aliphatic heterocycles. The van der Waals surface area contributed by atoms with Crippen molar-refractivity contribution in [1.82, 2.24) is 15.5 Å². The molecule has 2 N–H and O–H groups in total. The zero-order valence-electron chi connectivity index (χ0n) is 15.4. The van der Waals surface area contributed by atoms with Crippen LogP contribution in [0.2, 0.25) is 0 Å². The van der Waals surface area contributed by atoms with Gasteiger partial charge in [-0.25, -0.2) is 9.78 Å². The van der Waals surface area contributed by atoms with E-state index in [4.69, 9.17) is 9.63 Å². The molecule has 0 radical (unpaired) electrons. The maximum absolute atomic E-state index is 12.7. The summed E-state index contributed by atoms with van der Waals surface area (Å²) < 4.78 is 5.24. The van der Waals surface area contributed by atoms with E-state index in [1.807, 2.05) is 19.9 Å². The first kappa shape index (κ1) is 18.6. The van der Waals surface area contributed by atoms with Crippen LogP contribution in [0.4, 0.5) is 0 Å². The molecule has 1 amide bonds. The SMILES string of the molecule is Cc1noc2nc(C(C)C)cc(C(=O)NCCc3cccc(C(=O)O)c3)c12. The molecule has 0 saturated heterocycles. The maximum Gasteiger partial charge on any atom is 0.335 e. The van der Waals surface area contributed by atoms with Gasteiger partial charge < -0.3 is 14.9 Å². The van der Waals surface area contributed by atoms with Gasteiger partial charge in [-0.1, -0.05) is 31.1 Å². The average molecular weight is 367 g/mol. The number of carbonyl (C=O) groups is 2. The molecule has 2 aromatic heterocycles. The van der Waals surface area contributed by atoms with Crippen molar-refractivity contribution >= 4 is 23.0 Å². The lowest BCUT2D eigenvalue weighted by atomic mass is 10.0. The van der Waals surface area contributed by atoms with Gasteiger partial charge in [0.25, 0.3) is 11.6 Å². The van der Waals surface area contributed by atoms with E-state index in [1.165, 1.54) is 0 Å². The van der Waals surface area contributed by atoms with Gasteiger partial charge in [-0.2, -0.15) is 0 Å². The largest absolute Gasteiger partial charge is 0.478 e. The Balaban J connectivity index is 1.77. The van der Waals surface area contributed by atoms with Crippen molar-refractivity contribution in [3.63, 3.8) is 0 Å². The number of carboxylic acid groups (broad SMARTS) is 1. The molecule has 0 unspecified atom stereocenters. The molecule has 7 nitrogen and oxygen atoms in total. The van der Waals surface area contributed by atoms with Gasteiger partial charge in [-0.3, -0.25) is 4.79 Å². The van der Waals surface area contributed by atoms with Crippen LogP contribution in [0, 0.1) is 6.92 Å². The van der Waals surface area contributed by atoms with Crippen molar-refractivity contribution in [3.05, 3.63) is 58.4 Å². The quantitative estimate of drug-likeness (QED) is 0.692. The van der Waals surface area contributed by atoms with Gasteiger partial charge >= 0.3 is 5.97 Å². The Morgan fingerprint density at radius 2 is 2.04 bits per heavy atom. The lowest BCUT2D eigenvalue weighted by Gasteiger charge is -2.10. The van der Waals surface area contributed by atoms with Crippen LogP contribution in [0.25, 0.3) is 11.1 Å². The number of aromatic carboxylic acids is 1. The van der Waals surface area contributed by atoms with E-state index in [9.17, 15) is 9.59 Å². The summed E-state index contributed by atoms with van der Waals surface area (Å²) in [7, 11) is 0. The average Bonchev–Trinajstić information content (AvgIpc) is 3.02. The molecule has 7 heteroatoms. The number of nitrogens with zero attached hydrogens (tertiary/aromatic N) is 2. The Bertz CT molecular complexity index is 1010. The number of aryl methyl sites for hydroxylation is 1. The number of hydrogen-bond acceptors (Lipinski definition) is 5. The minimum atomic E-state index is -0.968. The Morgan fingerprint density at radius 3 is 2.74 bits per heavy atom. The molecule has 3 aromatic rings. The van der Waals surface area contributed by atoms with Crippen LogP contribution in [-0.2, 0) is 6.42 Å². The van der Waals surface area contributed by atoms with Crippen LogP contribution >= 0.6 is 0 Å². The molecule has 1 aromatic carbocycles. The highest BCUT2D eigenvalue weighted by atomic mass is 16.5. The molecule has 0 fully saturated rings. The zero-order chi connectivity index (χ0) is 19.6. The fourth-order valence-electron chi connectivity index (χ4n) is 2.86. The number of pyridine rings is 1. The third-order valence-corrected chi connectivity index (χ3v) is 4.35. The number of nitrogens with one attached hydrogen (secondary N) is 1. The van der Waals surface area contributed by atoms with E-state index < -0.39 is 5.97 Å². The molecule has 140 valence electrons. The topological polar surface area (TPSA) is 105 Å². The summed E-state index contributed by atoms with van der Waals surface area (Å²) in [6.07, 6.45) is 0.529. The second-order valence-electron chi connectivity index (χ2n) is 6.71. The second kappa shape index (κ2) is 7.57. The van der Waals surface area contributed by atoms with Crippen molar-refractivity contribution in [2.45, 2.75) is 33.1 Å². The summed E-state index contributed by atoms with van der Waals surface area (Å²) in [6.45, 7) is 6.15. The predicted octanol–water partition coefficient (Wildman–Crippen LogP) is 3.33. The third-order valence-electron chi connectivity index (χ3n) is 4.35. The number of fused-ring (bicyclic) bond motifs is 1. The second-order valence-corrected chi connectivity index (χ2v) is 6.71. The van der Waals surface area contributed by atoms with Gasteiger partial charge in [0.2, 0.25) is 0 Å². The van der Waals surface area contributed by atoms with Crippen LogP contribution in [0.15, 0.2) is 34.9 Å². The highest BCUT2D eigenvalue weighted by Gasteiger charge is 2.19. The molecule has 0 atom stereocenters. The molecule has 0 aliphatic rings. The zero-order valence-corrected chi connectivity index (χ0v) is 15.4. The molecule has 3 rings (SSSR count). The molecular formula is C20H21N3O4. The Labute approximate surface area is 156 Å². The van der Waals surface area contributed by atoms with E-state index >= 15 is 0 Å². The van der Waals surface area contributed by atoms with Gasteiger partial charge in [-0.15, -0.1) is 0 Å². The summed E-state index contributed by atoms with van der Waals surface area (Å²) in [5, 5.41) is 16.5. The first-order valence-electron chi connectivity index (χ1n) is 8.74. The van der Waals surface area contributed by atoms with Crippen LogP contribution in [0.1, 0.15) is 57.4 Å². The van der Waals surface area contributed by atoms with Crippen LogP contribution < -0.4 is 5.32 Å². The van der Waals surface area contributed by atoms with E-state index in [0.717, 1.165) is 11.3 Å². The lowest BCUT2D eigenvalue weighted by Crippen LogP contribution is -2.26. The third kappa shape index (κ3) is 3.97. The van der Waals surface area contributed by atoms with E-state index in [-0.39, 0.29) is 17.4 Å². The van der Waals surface area contributed by atoms with Crippen molar-refractivity contribution in [2.75, 3.05) is 6.54 Å². The van der Waals surface area contributed by atoms with E-state index in [1.54, 1.807) is 31.2 Å². The predicted molar refractivity (Wildman–Crippen MR) is 100 cm³/mol. The first-order chi connectivity index (χ1) is 12.9. The Kier molecular flexibility index (Phi) is 5.21. The van der Waals surface area contributed by atoms with Gasteiger partial charge in [0.1, 0.15) is 0 Å². The summed E-state index contributed by atoms with van der Waals surface area (Å²) in [6, 6.07) is 8.46. The highest BCUT2D eigenvalue weighted by molar-refractivity contribution is 6.06. The van der Waals surface area contributed by atoms with Crippen molar-refractivity contribution in [2.24, 2.45) is 0 Å². The molecule has 0 saturated carbocycles. The minimum absolute atomic E-state index is 0.144. The van der Waals surface area contributed by atoms with Crippen LogP contribution in [0.3, 0.4) is 0 Å². The first-order valence-corrected chi connectivity index (χ1v) is 8.74. The minimum Gasteiger partial charge on any atom is -0.478 e. The fourth-order valence-corrected chi connectivity index (χ4v) is 2.86.